The van der Waals surface area contributed by atoms with E-state index < -0.39 is 21.8 Å². The standard InChI is InChI=1S/C29H31N3O5S2/c1-18(2)21-9-12-24(13-10-21)39(35,36)32-29(34)25(23-11-14-26-27(17-23)31-38-30-26)16-20-5-7-22(8-6-20)19(3)15-28(33)37-4/h5-14,17-19,25H,15-16H2,1-4H3,(H,32,34). The van der Waals surface area contributed by atoms with Gasteiger partial charge in [-0.2, -0.15) is 8.75 Å². The molecule has 1 N–H and O–H groups in total. The number of esters is 1. The van der Waals surface area contributed by atoms with Crippen molar-refractivity contribution < 1.29 is 22.7 Å². The number of hydrogen-bond acceptors (Lipinski definition) is 8. The molecule has 0 fully saturated rings. The molecule has 0 radical (unpaired) electrons. The fourth-order valence-electron chi connectivity index (χ4n) is 4.34. The lowest BCUT2D eigenvalue weighted by Crippen LogP contribution is -2.35. The maximum absolute atomic E-state index is 13.5. The molecule has 8 nitrogen and oxygen atoms in total. The Morgan fingerprint density at radius 1 is 0.872 bits per heavy atom. The minimum Gasteiger partial charge on any atom is -0.469 e. The molecular weight excluding hydrogens is 534 g/mol. The van der Waals surface area contributed by atoms with Gasteiger partial charge in [0, 0.05) is 0 Å². The number of ether oxygens (including phenoxy) is 1. The molecule has 0 spiro atoms. The van der Waals surface area contributed by atoms with Gasteiger partial charge in [0.1, 0.15) is 11.0 Å². The molecule has 3 aromatic carbocycles. The summed E-state index contributed by atoms with van der Waals surface area (Å²) in [4.78, 5) is 25.2. The third-order valence-electron chi connectivity index (χ3n) is 6.78. The summed E-state index contributed by atoms with van der Waals surface area (Å²) >= 11 is 1.08. The Labute approximate surface area is 232 Å². The summed E-state index contributed by atoms with van der Waals surface area (Å²) in [5.41, 5.74) is 4.82. The molecule has 2 atom stereocenters. The van der Waals surface area contributed by atoms with E-state index in [1.165, 1.54) is 19.2 Å². The third kappa shape index (κ3) is 6.88. The molecule has 0 aliphatic carbocycles. The van der Waals surface area contributed by atoms with Crippen molar-refractivity contribution >= 4 is 44.7 Å². The second-order valence-electron chi connectivity index (χ2n) is 9.89. The van der Waals surface area contributed by atoms with E-state index in [0.717, 1.165) is 28.4 Å². The van der Waals surface area contributed by atoms with Crippen LogP contribution in [0.1, 0.15) is 67.2 Å². The third-order valence-corrected chi connectivity index (χ3v) is 8.70. The van der Waals surface area contributed by atoms with Crippen molar-refractivity contribution in [3.63, 3.8) is 0 Å². The van der Waals surface area contributed by atoms with Gasteiger partial charge in [-0.3, -0.25) is 9.59 Å². The molecule has 204 valence electrons. The van der Waals surface area contributed by atoms with E-state index in [-0.39, 0.29) is 35.5 Å². The number of benzene rings is 3. The van der Waals surface area contributed by atoms with E-state index in [0.29, 0.717) is 16.6 Å². The second kappa shape index (κ2) is 12.0. The Morgan fingerprint density at radius 3 is 2.13 bits per heavy atom. The van der Waals surface area contributed by atoms with Gasteiger partial charge in [-0.25, -0.2) is 13.1 Å². The Balaban J connectivity index is 1.60. The second-order valence-corrected chi connectivity index (χ2v) is 12.1. The maximum atomic E-state index is 13.5. The SMILES string of the molecule is COC(=O)CC(C)c1ccc(CC(C(=O)NS(=O)(=O)c2ccc(C(C)C)cc2)c2ccc3nsnc3c2)cc1. The first-order chi connectivity index (χ1) is 18.6. The van der Waals surface area contributed by atoms with Gasteiger partial charge in [0.15, 0.2) is 0 Å². The molecule has 1 amide bonds. The van der Waals surface area contributed by atoms with Crippen LogP contribution in [0, 0.1) is 0 Å². The van der Waals surface area contributed by atoms with Crippen LogP contribution in [-0.2, 0) is 30.8 Å². The maximum Gasteiger partial charge on any atom is 0.306 e. The first kappa shape index (κ1) is 28.4. The van der Waals surface area contributed by atoms with Gasteiger partial charge in [-0.1, -0.05) is 63.2 Å². The number of nitrogens with one attached hydrogen (secondary N) is 1. The van der Waals surface area contributed by atoms with Gasteiger partial charge in [-0.05, 0) is 64.8 Å². The number of sulfonamides is 1. The molecule has 4 rings (SSSR count). The number of rotatable bonds is 10. The van der Waals surface area contributed by atoms with Gasteiger partial charge in [0.2, 0.25) is 5.91 Å². The highest BCUT2D eigenvalue weighted by molar-refractivity contribution is 7.90. The summed E-state index contributed by atoms with van der Waals surface area (Å²) in [7, 11) is -2.72. The Bertz CT molecular complexity index is 1560. The van der Waals surface area contributed by atoms with Crippen LogP contribution in [0.2, 0.25) is 0 Å². The lowest BCUT2D eigenvalue weighted by molar-refractivity contribution is -0.141. The number of amides is 1. The van der Waals surface area contributed by atoms with E-state index in [1.807, 2.05) is 45.0 Å². The molecule has 0 saturated heterocycles. The Hall–Kier alpha value is -3.63. The fourth-order valence-corrected chi connectivity index (χ4v) is 5.88. The molecular formula is C29H31N3O5S2. The number of methoxy groups -OCH3 is 1. The van der Waals surface area contributed by atoms with Crippen LogP contribution in [0.5, 0.6) is 0 Å². The lowest BCUT2D eigenvalue weighted by Gasteiger charge is -2.19. The van der Waals surface area contributed by atoms with E-state index in [1.54, 1.807) is 30.3 Å². The molecule has 4 aromatic rings. The number of nitrogens with zero attached hydrogens (tertiary/aromatic N) is 2. The summed E-state index contributed by atoms with van der Waals surface area (Å²) in [5, 5.41) is 0. The van der Waals surface area contributed by atoms with Crippen molar-refractivity contribution in [3.8, 4) is 0 Å². The lowest BCUT2D eigenvalue weighted by atomic mass is 9.89. The van der Waals surface area contributed by atoms with Gasteiger partial charge >= 0.3 is 5.97 Å². The zero-order valence-corrected chi connectivity index (χ0v) is 23.9. The average molecular weight is 566 g/mol. The molecule has 1 aromatic heterocycles. The summed E-state index contributed by atoms with van der Waals surface area (Å²) in [6, 6.07) is 19.5. The molecule has 0 aliphatic heterocycles. The van der Waals surface area contributed by atoms with E-state index in [9.17, 15) is 18.0 Å². The van der Waals surface area contributed by atoms with Crippen molar-refractivity contribution in [1.82, 2.24) is 13.5 Å². The number of hydrogen-bond donors (Lipinski definition) is 1. The van der Waals surface area contributed by atoms with Crippen LogP contribution in [0.25, 0.3) is 11.0 Å². The van der Waals surface area contributed by atoms with Crippen LogP contribution in [0.4, 0.5) is 0 Å². The predicted molar refractivity (Wildman–Crippen MR) is 151 cm³/mol. The molecule has 1 heterocycles. The monoisotopic (exact) mass is 565 g/mol. The minimum absolute atomic E-state index is 0.0297. The summed E-state index contributed by atoms with van der Waals surface area (Å²) in [6.07, 6.45) is 0.529. The summed E-state index contributed by atoms with van der Waals surface area (Å²) in [6.45, 7) is 5.99. The predicted octanol–water partition coefficient (Wildman–Crippen LogP) is 5.31. The Morgan fingerprint density at radius 2 is 1.49 bits per heavy atom. The molecule has 0 bridgehead atoms. The highest BCUT2D eigenvalue weighted by atomic mass is 32.2. The summed E-state index contributed by atoms with van der Waals surface area (Å²) < 4.78 is 41.8. The van der Waals surface area contributed by atoms with Crippen LogP contribution < -0.4 is 4.72 Å². The quantitative estimate of drug-likeness (QED) is 0.259. The van der Waals surface area contributed by atoms with E-state index in [2.05, 4.69) is 13.5 Å². The van der Waals surface area contributed by atoms with Crippen LogP contribution >= 0.6 is 11.7 Å². The van der Waals surface area contributed by atoms with Gasteiger partial charge in [0.25, 0.3) is 10.0 Å². The first-order valence-electron chi connectivity index (χ1n) is 12.6. The fraction of sp³-hybridized carbons (Fsp3) is 0.310. The van der Waals surface area contributed by atoms with Gasteiger partial charge in [-0.15, -0.1) is 0 Å². The molecule has 0 saturated carbocycles. The normalized spacial score (nSPS) is 13.3. The molecule has 10 heteroatoms. The van der Waals surface area contributed by atoms with Crippen molar-refractivity contribution in [3.05, 3.63) is 89.0 Å². The molecule has 2 unspecified atom stereocenters. The topological polar surface area (TPSA) is 115 Å². The number of fused-ring (bicyclic) bond motifs is 1. The minimum atomic E-state index is -4.08. The first-order valence-corrected chi connectivity index (χ1v) is 14.8. The van der Waals surface area contributed by atoms with Crippen LogP contribution in [0.15, 0.2) is 71.6 Å². The van der Waals surface area contributed by atoms with Crippen molar-refractivity contribution in [2.24, 2.45) is 0 Å². The Kier molecular flexibility index (Phi) is 8.76. The zero-order chi connectivity index (χ0) is 28.2. The molecule has 0 aliphatic rings. The van der Waals surface area contributed by atoms with Crippen LogP contribution in [0.3, 0.4) is 0 Å². The smallest absolute Gasteiger partial charge is 0.306 e. The average Bonchev–Trinajstić information content (AvgIpc) is 3.39. The van der Waals surface area contributed by atoms with E-state index in [4.69, 9.17) is 4.74 Å². The number of aromatic nitrogens is 2. The van der Waals surface area contributed by atoms with Crippen LogP contribution in [-0.4, -0.2) is 36.2 Å². The highest BCUT2D eigenvalue weighted by Gasteiger charge is 2.27. The zero-order valence-electron chi connectivity index (χ0n) is 22.2. The van der Waals surface area contributed by atoms with E-state index >= 15 is 0 Å². The van der Waals surface area contributed by atoms with Crippen molar-refractivity contribution in [2.75, 3.05) is 7.11 Å². The largest absolute Gasteiger partial charge is 0.469 e. The number of carbonyl (C=O) groups is 2. The van der Waals surface area contributed by atoms with Crippen molar-refractivity contribution in [2.45, 2.75) is 56.3 Å². The van der Waals surface area contributed by atoms with Crippen molar-refractivity contribution in [1.29, 1.82) is 0 Å². The summed E-state index contributed by atoms with van der Waals surface area (Å²) in [5.74, 6) is -1.48. The highest BCUT2D eigenvalue weighted by Crippen LogP contribution is 2.27. The molecule has 39 heavy (non-hydrogen) atoms. The van der Waals surface area contributed by atoms with Gasteiger partial charge in [0.05, 0.1) is 36.1 Å². The van der Waals surface area contributed by atoms with Gasteiger partial charge < -0.3 is 4.74 Å². The number of carbonyl (C=O) groups excluding carboxylic acids is 2.